The Morgan fingerprint density at radius 3 is 2.66 bits per heavy atom. The van der Waals surface area contributed by atoms with Crippen molar-refractivity contribution in [2.75, 3.05) is 30.3 Å². The van der Waals surface area contributed by atoms with Crippen molar-refractivity contribution in [2.24, 2.45) is 5.41 Å². The maximum absolute atomic E-state index is 12.6. The van der Waals surface area contributed by atoms with Crippen molar-refractivity contribution in [1.29, 1.82) is 0 Å². The van der Waals surface area contributed by atoms with Gasteiger partial charge in [0.05, 0.1) is 18.2 Å². The third-order valence-electron chi connectivity index (χ3n) is 6.46. The number of likely N-dealkylation sites (tertiary alicyclic amines) is 1. The molecule has 0 aliphatic carbocycles. The number of benzene rings is 2. The molecule has 0 aromatic heterocycles. The normalized spacial score (nSPS) is 19.5. The molecule has 0 bridgehead atoms. The molecule has 6 heteroatoms. The number of carbonyl (C=O) groups is 2. The molecule has 4 rings (SSSR count). The van der Waals surface area contributed by atoms with Gasteiger partial charge in [0.2, 0.25) is 0 Å². The number of anilines is 2. The van der Waals surface area contributed by atoms with E-state index in [1.807, 2.05) is 42.2 Å². The molecular formula is C26H33N3O3. The number of fused-ring (bicyclic) bond motifs is 1. The quantitative estimate of drug-likeness (QED) is 0.612. The predicted octanol–water partition coefficient (Wildman–Crippen LogP) is 5.62. The van der Waals surface area contributed by atoms with Gasteiger partial charge < -0.3 is 20.3 Å². The average molecular weight is 436 g/mol. The largest absolute Gasteiger partial charge is 0.462 e. The van der Waals surface area contributed by atoms with Gasteiger partial charge in [-0.25, -0.2) is 9.59 Å². The van der Waals surface area contributed by atoms with E-state index in [0.29, 0.717) is 12.2 Å². The Kier molecular flexibility index (Phi) is 6.40. The van der Waals surface area contributed by atoms with Crippen molar-refractivity contribution < 1.29 is 14.3 Å². The molecule has 32 heavy (non-hydrogen) atoms. The number of nitrogens with one attached hydrogen (secondary N) is 2. The molecule has 1 saturated heterocycles. The van der Waals surface area contributed by atoms with Crippen molar-refractivity contribution >= 4 is 23.4 Å². The van der Waals surface area contributed by atoms with Gasteiger partial charge in [0.1, 0.15) is 0 Å². The van der Waals surface area contributed by atoms with Crippen LogP contribution in [-0.2, 0) is 11.2 Å². The molecule has 2 N–H and O–H groups in total. The number of hydrogen-bond donors (Lipinski definition) is 2. The number of nitrogens with zero attached hydrogens (tertiary/aromatic N) is 1. The summed E-state index contributed by atoms with van der Waals surface area (Å²) in [4.78, 5) is 26.7. The van der Waals surface area contributed by atoms with Crippen molar-refractivity contribution in [3.63, 3.8) is 0 Å². The molecule has 0 saturated carbocycles. The van der Waals surface area contributed by atoms with Gasteiger partial charge in [0, 0.05) is 24.5 Å². The Labute approximate surface area is 190 Å². The van der Waals surface area contributed by atoms with E-state index in [2.05, 4.69) is 36.6 Å². The smallest absolute Gasteiger partial charge is 0.338 e. The standard InChI is InChI=1S/C26H33N3O3/c1-4-32-24(30)19-11-12-22-20(15-19)17-26(2,3)23(28-22)18-9-8-10-21(16-18)27-25(31)29-13-6-5-7-14-29/h8-12,15-16,23,28H,4-7,13-14,17H2,1-3H3,(H,27,31). The number of piperidine rings is 1. The molecule has 1 atom stereocenters. The maximum atomic E-state index is 12.6. The molecule has 2 amide bonds. The minimum atomic E-state index is -0.285. The van der Waals surface area contributed by atoms with E-state index in [1.54, 1.807) is 0 Å². The van der Waals surface area contributed by atoms with Crippen LogP contribution in [0.4, 0.5) is 16.2 Å². The van der Waals surface area contributed by atoms with Crippen LogP contribution < -0.4 is 10.6 Å². The van der Waals surface area contributed by atoms with Crippen LogP contribution in [-0.4, -0.2) is 36.6 Å². The minimum Gasteiger partial charge on any atom is -0.462 e. The molecule has 0 radical (unpaired) electrons. The average Bonchev–Trinajstić information content (AvgIpc) is 2.78. The number of rotatable bonds is 4. The van der Waals surface area contributed by atoms with E-state index >= 15 is 0 Å². The van der Waals surface area contributed by atoms with E-state index in [4.69, 9.17) is 4.74 Å². The first-order chi connectivity index (χ1) is 15.4. The van der Waals surface area contributed by atoms with E-state index < -0.39 is 0 Å². The molecule has 6 nitrogen and oxygen atoms in total. The second-order valence-electron chi connectivity index (χ2n) is 9.44. The summed E-state index contributed by atoms with van der Waals surface area (Å²) in [5.74, 6) is -0.285. The van der Waals surface area contributed by atoms with E-state index in [9.17, 15) is 9.59 Å². The van der Waals surface area contributed by atoms with Gasteiger partial charge >= 0.3 is 12.0 Å². The first-order valence-corrected chi connectivity index (χ1v) is 11.6. The summed E-state index contributed by atoms with van der Waals surface area (Å²) in [6, 6.07) is 13.9. The molecule has 2 heterocycles. The van der Waals surface area contributed by atoms with Crippen molar-refractivity contribution in [3.05, 3.63) is 59.2 Å². The van der Waals surface area contributed by atoms with Crippen LogP contribution in [0.2, 0.25) is 0 Å². The number of carbonyl (C=O) groups excluding carboxylic acids is 2. The lowest BCUT2D eigenvalue weighted by Gasteiger charge is -2.41. The molecule has 170 valence electrons. The van der Waals surface area contributed by atoms with Crippen molar-refractivity contribution in [3.8, 4) is 0 Å². The van der Waals surface area contributed by atoms with Gasteiger partial charge in [-0.15, -0.1) is 0 Å². The van der Waals surface area contributed by atoms with Gasteiger partial charge in [-0.1, -0.05) is 26.0 Å². The minimum absolute atomic E-state index is 0.0189. The maximum Gasteiger partial charge on any atom is 0.338 e. The zero-order valence-electron chi connectivity index (χ0n) is 19.2. The van der Waals surface area contributed by atoms with E-state index in [0.717, 1.165) is 54.9 Å². The van der Waals surface area contributed by atoms with Crippen molar-refractivity contribution in [2.45, 2.75) is 52.5 Å². The Hall–Kier alpha value is -3.02. The highest BCUT2D eigenvalue weighted by atomic mass is 16.5. The van der Waals surface area contributed by atoms with E-state index in [1.165, 1.54) is 6.42 Å². The lowest BCUT2D eigenvalue weighted by Crippen LogP contribution is -2.38. The molecule has 0 spiro atoms. The van der Waals surface area contributed by atoms with Crippen LogP contribution in [0.3, 0.4) is 0 Å². The second-order valence-corrected chi connectivity index (χ2v) is 9.44. The number of amides is 2. The Morgan fingerprint density at radius 2 is 1.91 bits per heavy atom. The number of urea groups is 1. The molecule has 1 fully saturated rings. The van der Waals surface area contributed by atoms with Gasteiger partial charge in [-0.2, -0.15) is 0 Å². The summed E-state index contributed by atoms with van der Waals surface area (Å²) in [6.45, 7) is 8.29. The number of ether oxygens (including phenoxy) is 1. The lowest BCUT2D eigenvalue weighted by atomic mass is 9.72. The highest BCUT2D eigenvalue weighted by molar-refractivity contribution is 5.90. The monoisotopic (exact) mass is 435 g/mol. The van der Waals surface area contributed by atoms with Crippen LogP contribution in [0, 0.1) is 5.41 Å². The van der Waals surface area contributed by atoms with Gasteiger partial charge in [0.25, 0.3) is 0 Å². The first-order valence-electron chi connectivity index (χ1n) is 11.6. The summed E-state index contributed by atoms with van der Waals surface area (Å²) >= 11 is 0. The van der Waals surface area contributed by atoms with Crippen LogP contribution in [0.1, 0.15) is 67.6 Å². The first kappa shape index (κ1) is 22.2. The summed E-state index contributed by atoms with van der Waals surface area (Å²) in [6.07, 6.45) is 4.18. The van der Waals surface area contributed by atoms with Gasteiger partial charge in [-0.3, -0.25) is 0 Å². The van der Waals surface area contributed by atoms with Gasteiger partial charge in [-0.05, 0) is 79.5 Å². The molecular weight excluding hydrogens is 402 g/mol. The number of hydrogen-bond acceptors (Lipinski definition) is 4. The fraction of sp³-hybridized carbons (Fsp3) is 0.462. The lowest BCUT2D eigenvalue weighted by molar-refractivity contribution is 0.0526. The van der Waals surface area contributed by atoms with E-state index in [-0.39, 0.29) is 23.5 Å². The fourth-order valence-electron chi connectivity index (χ4n) is 4.80. The third-order valence-corrected chi connectivity index (χ3v) is 6.46. The topological polar surface area (TPSA) is 70.7 Å². The Bertz CT molecular complexity index is 996. The van der Waals surface area contributed by atoms with Crippen LogP contribution in [0.5, 0.6) is 0 Å². The van der Waals surface area contributed by atoms with Crippen LogP contribution >= 0.6 is 0 Å². The Balaban J connectivity index is 1.53. The fourth-order valence-corrected chi connectivity index (χ4v) is 4.80. The summed E-state index contributed by atoms with van der Waals surface area (Å²) in [7, 11) is 0. The predicted molar refractivity (Wildman–Crippen MR) is 127 cm³/mol. The highest BCUT2D eigenvalue weighted by Gasteiger charge is 2.36. The Morgan fingerprint density at radius 1 is 1.12 bits per heavy atom. The van der Waals surface area contributed by atoms with Crippen LogP contribution in [0.15, 0.2) is 42.5 Å². The molecule has 2 aliphatic rings. The summed E-state index contributed by atoms with van der Waals surface area (Å²) in [5.41, 5.74) is 4.60. The molecule has 2 aromatic carbocycles. The zero-order chi connectivity index (χ0) is 22.7. The molecule has 2 aromatic rings. The summed E-state index contributed by atoms with van der Waals surface area (Å²) < 4.78 is 5.15. The molecule has 1 unspecified atom stereocenters. The van der Waals surface area contributed by atoms with Crippen molar-refractivity contribution in [1.82, 2.24) is 4.90 Å². The third kappa shape index (κ3) is 4.74. The van der Waals surface area contributed by atoms with Gasteiger partial charge in [0.15, 0.2) is 0 Å². The summed E-state index contributed by atoms with van der Waals surface area (Å²) in [5, 5.41) is 6.75. The zero-order valence-corrected chi connectivity index (χ0v) is 19.2. The second kappa shape index (κ2) is 9.23. The highest BCUT2D eigenvalue weighted by Crippen LogP contribution is 2.45. The SMILES string of the molecule is CCOC(=O)c1ccc2c(c1)CC(C)(C)C(c1cccc(NC(=O)N3CCCCC3)c1)N2. The number of esters is 1. The van der Waals surface area contributed by atoms with Crippen LogP contribution in [0.25, 0.3) is 0 Å². The molecule has 2 aliphatic heterocycles.